The Bertz CT molecular complexity index is 832. The van der Waals surface area contributed by atoms with Crippen LogP contribution in [0.1, 0.15) is 11.3 Å². The van der Waals surface area contributed by atoms with E-state index in [9.17, 15) is 10.1 Å². The van der Waals surface area contributed by atoms with Gasteiger partial charge in [0.15, 0.2) is 0 Å². The summed E-state index contributed by atoms with van der Waals surface area (Å²) in [6.07, 6.45) is 5.88. The van der Waals surface area contributed by atoms with Gasteiger partial charge in [-0.05, 0) is 24.6 Å². The molecule has 0 bridgehead atoms. The van der Waals surface area contributed by atoms with Crippen molar-refractivity contribution in [2.75, 3.05) is 5.32 Å². The standard InChI is InChI=1S/C14H13N7O2/c1-10-6-13(16-7-11-2-4-15-5-3-11)19-14(18-10)20-9-12(8-17-20)21(22)23/h2-6,8-9H,7H2,1H3,(H,16,18,19). The van der Waals surface area contributed by atoms with Gasteiger partial charge >= 0.3 is 5.69 Å². The third kappa shape index (κ3) is 3.46. The molecule has 116 valence electrons. The summed E-state index contributed by atoms with van der Waals surface area (Å²) in [5.74, 6) is 0.887. The van der Waals surface area contributed by atoms with Crippen molar-refractivity contribution in [2.24, 2.45) is 0 Å². The van der Waals surface area contributed by atoms with E-state index in [2.05, 4.69) is 25.4 Å². The third-order valence-corrected chi connectivity index (χ3v) is 3.05. The van der Waals surface area contributed by atoms with E-state index in [-0.39, 0.29) is 11.6 Å². The van der Waals surface area contributed by atoms with Crippen molar-refractivity contribution in [3.05, 3.63) is 64.4 Å². The average molecular weight is 311 g/mol. The number of hydrogen-bond donors (Lipinski definition) is 1. The molecule has 1 N–H and O–H groups in total. The Morgan fingerprint density at radius 3 is 2.78 bits per heavy atom. The number of aromatic nitrogens is 5. The number of nitrogens with one attached hydrogen (secondary N) is 1. The molecule has 0 aromatic carbocycles. The van der Waals surface area contributed by atoms with Crippen LogP contribution in [0.5, 0.6) is 0 Å². The maximum atomic E-state index is 10.7. The van der Waals surface area contributed by atoms with Crippen molar-refractivity contribution in [3.63, 3.8) is 0 Å². The van der Waals surface area contributed by atoms with Crippen molar-refractivity contribution < 1.29 is 4.92 Å². The molecule has 0 aliphatic rings. The van der Waals surface area contributed by atoms with Gasteiger partial charge in [-0.25, -0.2) is 4.98 Å². The number of aryl methyl sites for hydroxylation is 1. The molecular weight excluding hydrogens is 298 g/mol. The van der Waals surface area contributed by atoms with E-state index in [0.29, 0.717) is 12.4 Å². The third-order valence-electron chi connectivity index (χ3n) is 3.05. The number of rotatable bonds is 5. The van der Waals surface area contributed by atoms with E-state index in [1.807, 2.05) is 19.1 Å². The van der Waals surface area contributed by atoms with Crippen molar-refractivity contribution in [1.29, 1.82) is 0 Å². The van der Waals surface area contributed by atoms with E-state index >= 15 is 0 Å². The molecule has 0 unspecified atom stereocenters. The molecule has 3 aromatic heterocycles. The van der Waals surface area contributed by atoms with Crippen LogP contribution in [-0.2, 0) is 6.54 Å². The molecule has 0 aliphatic heterocycles. The molecule has 0 fully saturated rings. The summed E-state index contributed by atoms with van der Waals surface area (Å²) < 4.78 is 1.28. The molecule has 23 heavy (non-hydrogen) atoms. The molecule has 0 amide bonds. The van der Waals surface area contributed by atoms with Crippen molar-refractivity contribution >= 4 is 11.5 Å². The summed E-state index contributed by atoms with van der Waals surface area (Å²) >= 11 is 0. The summed E-state index contributed by atoms with van der Waals surface area (Å²) in [4.78, 5) is 22.8. The van der Waals surface area contributed by atoms with E-state index < -0.39 is 4.92 Å². The highest BCUT2D eigenvalue weighted by Crippen LogP contribution is 2.14. The van der Waals surface area contributed by atoms with Gasteiger partial charge in [0.05, 0.1) is 4.92 Å². The lowest BCUT2D eigenvalue weighted by Crippen LogP contribution is -2.08. The van der Waals surface area contributed by atoms with Gasteiger partial charge in [-0.15, -0.1) is 0 Å². The van der Waals surface area contributed by atoms with E-state index in [0.717, 1.165) is 17.5 Å². The highest BCUT2D eigenvalue weighted by molar-refractivity contribution is 5.39. The van der Waals surface area contributed by atoms with Gasteiger partial charge in [-0.2, -0.15) is 14.8 Å². The zero-order valence-electron chi connectivity index (χ0n) is 12.2. The molecule has 3 heterocycles. The predicted octanol–water partition coefficient (Wildman–Crippen LogP) is 1.89. The number of nitro groups is 1. The van der Waals surface area contributed by atoms with E-state index in [1.165, 1.54) is 10.9 Å². The molecule has 0 atom stereocenters. The normalized spacial score (nSPS) is 10.5. The maximum absolute atomic E-state index is 10.7. The lowest BCUT2D eigenvalue weighted by atomic mass is 10.3. The maximum Gasteiger partial charge on any atom is 0.307 e. The summed E-state index contributed by atoms with van der Waals surface area (Å²) in [6.45, 7) is 2.40. The fraction of sp³-hybridized carbons (Fsp3) is 0.143. The van der Waals surface area contributed by atoms with Gasteiger partial charge in [0.2, 0.25) is 0 Å². The van der Waals surface area contributed by atoms with Crippen LogP contribution in [0.4, 0.5) is 11.5 Å². The molecular formula is C14H13N7O2. The van der Waals surface area contributed by atoms with E-state index in [1.54, 1.807) is 18.5 Å². The first kappa shape index (κ1) is 14.6. The van der Waals surface area contributed by atoms with Crippen LogP contribution in [0.25, 0.3) is 5.95 Å². The molecule has 9 nitrogen and oxygen atoms in total. The van der Waals surface area contributed by atoms with Crippen LogP contribution in [0.3, 0.4) is 0 Å². The van der Waals surface area contributed by atoms with E-state index in [4.69, 9.17) is 0 Å². The van der Waals surface area contributed by atoms with Gasteiger partial charge in [-0.1, -0.05) is 0 Å². The Morgan fingerprint density at radius 2 is 2.09 bits per heavy atom. The van der Waals surface area contributed by atoms with Crippen LogP contribution in [0.2, 0.25) is 0 Å². The Hall–Kier alpha value is -3.36. The molecule has 3 rings (SSSR count). The Balaban J connectivity index is 1.82. The summed E-state index contributed by atoms with van der Waals surface area (Å²) in [5, 5.41) is 17.8. The minimum absolute atomic E-state index is 0.110. The number of nitrogens with zero attached hydrogens (tertiary/aromatic N) is 6. The molecule has 9 heteroatoms. The lowest BCUT2D eigenvalue weighted by Gasteiger charge is -2.08. The first-order valence-electron chi connectivity index (χ1n) is 6.80. The first-order chi connectivity index (χ1) is 11.1. The zero-order chi connectivity index (χ0) is 16.2. The molecule has 3 aromatic rings. The van der Waals surface area contributed by atoms with Gasteiger partial charge in [0.25, 0.3) is 5.95 Å². The number of anilines is 1. The van der Waals surface area contributed by atoms with Crippen molar-refractivity contribution in [2.45, 2.75) is 13.5 Å². The fourth-order valence-corrected chi connectivity index (χ4v) is 1.96. The van der Waals surface area contributed by atoms with Crippen molar-refractivity contribution in [3.8, 4) is 5.95 Å². The second kappa shape index (κ2) is 6.18. The average Bonchev–Trinajstić information content (AvgIpc) is 3.04. The molecule has 0 saturated carbocycles. The van der Waals surface area contributed by atoms with Crippen LogP contribution in [-0.4, -0.2) is 29.7 Å². The molecule has 0 spiro atoms. The number of pyridine rings is 1. The highest BCUT2D eigenvalue weighted by Gasteiger charge is 2.12. The minimum atomic E-state index is -0.512. The number of hydrogen-bond acceptors (Lipinski definition) is 7. The summed E-state index contributed by atoms with van der Waals surface area (Å²) in [7, 11) is 0. The summed E-state index contributed by atoms with van der Waals surface area (Å²) in [6, 6.07) is 5.60. The highest BCUT2D eigenvalue weighted by atomic mass is 16.6. The smallest absolute Gasteiger partial charge is 0.307 e. The second-order valence-corrected chi connectivity index (χ2v) is 4.80. The zero-order valence-corrected chi connectivity index (χ0v) is 12.2. The molecule has 0 aliphatic carbocycles. The van der Waals surface area contributed by atoms with Gasteiger partial charge in [-0.3, -0.25) is 15.1 Å². The van der Waals surface area contributed by atoms with Crippen LogP contribution >= 0.6 is 0 Å². The fourth-order valence-electron chi connectivity index (χ4n) is 1.96. The second-order valence-electron chi connectivity index (χ2n) is 4.80. The monoisotopic (exact) mass is 311 g/mol. The van der Waals surface area contributed by atoms with Crippen LogP contribution in [0.15, 0.2) is 43.0 Å². The van der Waals surface area contributed by atoms with Gasteiger partial charge in [0, 0.05) is 30.7 Å². The Morgan fingerprint density at radius 1 is 1.30 bits per heavy atom. The quantitative estimate of drug-likeness (QED) is 0.565. The van der Waals surface area contributed by atoms with Gasteiger partial charge < -0.3 is 5.32 Å². The SMILES string of the molecule is Cc1cc(NCc2ccncc2)nc(-n2cc([N+](=O)[O-])cn2)n1. The van der Waals surface area contributed by atoms with Gasteiger partial charge in [0.1, 0.15) is 18.2 Å². The minimum Gasteiger partial charge on any atom is -0.366 e. The van der Waals surface area contributed by atoms with Crippen molar-refractivity contribution in [1.82, 2.24) is 24.7 Å². The Labute approximate surface area is 131 Å². The van der Waals surface area contributed by atoms with Crippen LogP contribution in [0, 0.1) is 17.0 Å². The molecule has 0 saturated heterocycles. The first-order valence-corrected chi connectivity index (χ1v) is 6.80. The lowest BCUT2D eigenvalue weighted by molar-refractivity contribution is -0.384. The topological polar surface area (TPSA) is 112 Å². The largest absolute Gasteiger partial charge is 0.366 e. The summed E-state index contributed by atoms with van der Waals surface area (Å²) in [5.41, 5.74) is 1.68. The molecule has 0 radical (unpaired) electrons. The Kier molecular flexibility index (Phi) is 3.91. The van der Waals surface area contributed by atoms with Crippen LogP contribution < -0.4 is 5.32 Å². The predicted molar refractivity (Wildman–Crippen MR) is 82.1 cm³/mol.